The Hall–Kier alpha value is -0.740. The van der Waals surface area contributed by atoms with Crippen LogP contribution in [0.15, 0.2) is 12.1 Å². The highest BCUT2D eigenvalue weighted by molar-refractivity contribution is 7.16. The standard InChI is InChI=1S/C13H19ClN2OS/c1-16(9-11-7-8-12(14)18-11)13(17)15-10-5-3-2-4-6-10/h7-8,10H,2-6,9H2,1H3,(H,15,17). The molecular formula is C13H19ClN2OS. The Balaban J connectivity index is 1.80. The van der Waals surface area contributed by atoms with Crippen LogP contribution in [0.4, 0.5) is 4.79 Å². The summed E-state index contributed by atoms with van der Waals surface area (Å²) in [5.41, 5.74) is 0. The van der Waals surface area contributed by atoms with E-state index < -0.39 is 0 Å². The van der Waals surface area contributed by atoms with Crippen molar-refractivity contribution in [3.05, 3.63) is 21.3 Å². The third-order valence-corrected chi connectivity index (χ3v) is 4.52. The zero-order valence-electron chi connectivity index (χ0n) is 10.6. The first-order valence-electron chi connectivity index (χ1n) is 6.41. The van der Waals surface area contributed by atoms with Crippen molar-refractivity contribution in [3.63, 3.8) is 0 Å². The monoisotopic (exact) mass is 286 g/mol. The SMILES string of the molecule is CN(Cc1ccc(Cl)s1)C(=O)NC1CCCCC1. The van der Waals surface area contributed by atoms with Crippen LogP contribution in [0.3, 0.4) is 0 Å². The van der Waals surface area contributed by atoms with Crippen LogP contribution in [-0.4, -0.2) is 24.0 Å². The van der Waals surface area contributed by atoms with E-state index >= 15 is 0 Å². The van der Waals surface area contributed by atoms with Gasteiger partial charge in [0.25, 0.3) is 0 Å². The van der Waals surface area contributed by atoms with E-state index in [1.807, 2.05) is 19.2 Å². The Kier molecular flexibility index (Phi) is 4.89. The van der Waals surface area contributed by atoms with Crippen molar-refractivity contribution >= 4 is 29.0 Å². The molecule has 5 heteroatoms. The molecule has 0 saturated heterocycles. The molecule has 1 aromatic rings. The first-order chi connectivity index (χ1) is 8.65. The van der Waals surface area contributed by atoms with Gasteiger partial charge in [-0.2, -0.15) is 0 Å². The molecule has 1 aliphatic carbocycles. The van der Waals surface area contributed by atoms with Crippen molar-refractivity contribution in [1.82, 2.24) is 10.2 Å². The van der Waals surface area contributed by atoms with Gasteiger partial charge in [0, 0.05) is 18.0 Å². The molecule has 18 heavy (non-hydrogen) atoms. The maximum absolute atomic E-state index is 12.0. The lowest BCUT2D eigenvalue weighted by atomic mass is 9.96. The normalized spacial score (nSPS) is 16.6. The first kappa shape index (κ1) is 13.7. The third-order valence-electron chi connectivity index (χ3n) is 3.30. The molecule has 0 radical (unpaired) electrons. The second-order valence-electron chi connectivity index (χ2n) is 4.85. The van der Waals surface area contributed by atoms with Crippen molar-refractivity contribution in [2.24, 2.45) is 0 Å². The lowest BCUT2D eigenvalue weighted by Gasteiger charge is -2.26. The van der Waals surface area contributed by atoms with E-state index in [0.29, 0.717) is 12.6 Å². The summed E-state index contributed by atoms with van der Waals surface area (Å²) < 4.78 is 0.770. The molecule has 0 aromatic carbocycles. The molecule has 0 spiro atoms. The first-order valence-corrected chi connectivity index (χ1v) is 7.60. The molecule has 0 atom stereocenters. The molecule has 1 saturated carbocycles. The van der Waals surface area contributed by atoms with Crippen molar-refractivity contribution in [3.8, 4) is 0 Å². The maximum Gasteiger partial charge on any atom is 0.317 e. The fraction of sp³-hybridized carbons (Fsp3) is 0.615. The van der Waals surface area contributed by atoms with Gasteiger partial charge in [0.1, 0.15) is 0 Å². The van der Waals surface area contributed by atoms with Crippen LogP contribution < -0.4 is 5.32 Å². The molecule has 3 nitrogen and oxygen atoms in total. The smallest absolute Gasteiger partial charge is 0.317 e. The summed E-state index contributed by atoms with van der Waals surface area (Å²) in [5.74, 6) is 0. The highest BCUT2D eigenvalue weighted by Gasteiger charge is 2.18. The van der Waals surface area contributed by atoms with Gasteiger partial charge in [-0.05, 0) is 25.0 Å². The molecule has 1 aromatic heterocycles. The van der Waals surface area contributed by atoms with Gasteiger partial charge < -0.3 is 10.2 Å². The van der Waals surface area contributed by atoms with Gasteiger partial charge >= 0.3 is 6.03 Å². The number of carbonyl (C=O) groups is 1. The average molecular weight is 287 g/mol. The van der Waals surface area contributed by atoms with Crippen LogP contribution in [0.5, 0.6) is 0 Å². The van der Waals surface area contributed by atoms with E-state index in [1.165, 1.54) is 30.6 Å². The van der Waals surface area contributed by atoms with Crippen molar-refractivity contribution in [1.29, 1.82) is 0 Å². The number of amides is 2. The van der Waals surface area contributed by atoms with E-state index in [-0.39, 0.29) is 6.03 Å². The number of carbonyl (C=O) groups excluding carboxylic acids is 1. The van der Waals surface area contributed by atoms with Crippen LogP contribution in [-0.2, 0) is 6.54 Å². The molecule has 0 aliphatic heterocycles. The zero-order chi connectivity index (χ0) is 13.0. The summed E-state index contributed by atoms with van der Waals surface area (Å²) >= 11 is 7.40. The maximum atomic E-state index is 12.0. The third kappa shape index (κ3) is 3.89. The fourth-order valence-corrected chi connectivity index (χ4v) is 3.42. The topological polar surface area (TPSA) is 32.3 Å². The second-order valence-corrected chi connectivity index (χ2v) is 6.65. The summed E-state index contributed by atoms with van der Waals surface area (Å²) in [6, 6.07) is 4.22. The molecule has 100 valence electrons. The molecular weight excluding hydrogens is 268 g/mol. The minimum Gasteiger partial charge on any atom is -0.335 e. The number of thiophene rings is 1. The molecule has 1 N–H and O–H groups in total. The predicted octanol–water partition coefficient (Wildman–Crippen LogP) is 3.88. The lowest BCUT2D eigenvalue weighted by molar-refractivity contribution is 0.199. The van der Waals surface area contributed by atoms with Crippen LogP contribution in [0.25, 0.3) is 0 Å². The van der Waals surface area contributed by atoms with Gasteiger partial charge in [-0.3, -0.25) is 0 Å². The summed E-state index contributed by atoms with van der Waals surface area (Å²) in [6.07, 6.45) is 6.00. The number of hydrogen-bond donors (Lipinski definition) is 1. The molecule has 1 aliphatic rings. The van der Waals surface area contributed by atoms with Gasteiger partial charge in [0.15, 0.2) is 0 Å². The van der Waals surface area contributed by atoms with Crippen LogP contribution in [0.1, 0.15) is 37.0 Å². The van der Waals surface area contributed by atoms with Gasteiger partial charge in [-0.1, -0.05) is 30.9 Å². The van der Waals surface area contributed by atoms with Crippen molar-refractivity contribution < 1.29 is 4.79 Å². The minimum absolute atomic E-state index is 0.0198. The molecule has 1 heterocycles. The molecule has 0 unspecified atom stereocenters. The number of nitrogens with zero attached hydrogens (tertiary/aromatic N) is 1. The highest BCUT2D eigenvalue weighted by Crippen LogP contribution is 2.22. The summed E-state index contributed by atoms with van der Waals surface area (Å²) in [4.78, 5) is 14.8. The fourth-order valence-electron chi connectivity index (χ4n) is 2.27. The number of urea groups is 1. The molecule has 0 bridgehead atoms. The molecule has 2 amide bonds. The van der Waals surface area contributed by atoms with Gasteiger partial charge in [-0.15, -0.1) is 11.3 Å². The van der Waals surface area contributed by atoms with E-state index in [9.17, 15) is 4.79 Å². The Morgan fingerprint density at radius 2 is 2.17 bits per heavy atom. The Labute approximate surface area is 117 Å². The van der Waals surface area contributed by atoms with Crippen molar-refractivity contribution in [2.75, 3.05) is 7.05 Å². The van der Waals surface area contributed by atoms with Gasteiger partial charge in [0.2, 0.25) is 0 Å². The van der Waals surface area contributed by atoms with E-state index in [2.05, 4.69) is 5.32 Å². The average Bonchev–Trinajstić information content (AvgIpc) is 2.76. The number of halogens is 1. The largest absolute Gasteiger partial charge is 0.335 e. The lowest BCUT2D eigenvalue weighted by Crippen LogP contribution is -2.43. The Bertz CT molecular complexity index is 401. The highest BCUT2D eigenvalue weighted by atomic mass is 35.5. The van der Waals surface area contributed by atoms with E-state index in [0.717, 1.165) is 22.1 Å². The predicted molar refractivity (Wildman–Crippen MR) is 76.2 cm³/mol. The zero-order valence-corrected chi connectivity index (χ0v) is 12.2. The van der Waals surface area contributed by atoms with Crippen LogP contribution in [0, 0.1) is 0 Å². The minimum atomic E-state index is 0.0198. The quantitative estimate of drug-likeness (QED) is 0.899. The summed E-state index contributed by atoms with van der Waals surface area (Å²) in [5, 5.41) is 3.10. The van der Waals surface area contributed by atoms with Gasteiger partial charge in [0.05, 0.1) is 10.9 Å². The Morgan fingerprint density at radius 1 is 1.44 bits per heavy atom. The van der Waals surface area contributed by atoms with Crippen LogP contribution >= 0.6 is 22.9 Å². The van der Waals surface area contributed by atoms with Gasteiger partial charge in [-0.25, -0.2) is 4.79 Å². The Morgan fingerprint density at radius 3 is 2.78 bits per heavy atom. The number of rotatable bonds is 3. The number of nitrogens with one attached hydrogen (secondary N) is 1. The second kappa shape index (κ2) is 6.43. The molecule has 1 fully saturated rings. The van der Waals surface area contributed by atoms with E-state index in [4.69, 9.17) is 11.6 Å². The summed E-state index contributed by atoms with van der Waals surface area (Å²) in [7, 11) is 1.83. The molecule has 2 rings (SSSR count). The van der Waals surface area contributed by atoms with Crippen molar-refractivity contribution in [2.45, 2.75) is 44.7 Å². The van der Waals surface area contributed by atoms with E-state index in [1.54, 1.807) is 4.90 Å². The number of hydrogen-bond acceptors (Lipinski definition) is 2. The summed E-state index contributed by atoms with van der Waals surface area (Å²) in [6.45, 7) is 0.621. The van der Waals surface area contributed by atoms with Crippen LogP contribution in [0.2, 0.25) is 4.34 Å².